The standard InChI is InChI=1S/C20H25NO4/c1-24-17-7-6-15(12-18(17)25-16-4-2-3-5-16)14-8-10-20(13-21,11-9-14)19(22)23/h6-7,12,14,16H,2-5,8-11H2,1H3,(H,22,23)/p-1. The minimum atomic E-state index is -1.33. The minimum absolute atomic E-state index is 0.234. The molecule has 1 aromatic carbocycles. The predicted molar refractivity (Wildman–Crippen MR) is 90.1 cm³/mol. The highest BCUT2D eigenvalue weighted by molar-refractivity contribution is 5.76. The average Bonchev–Trinajstić information content (AvgIpc) is 3.14. The Kier molecular flexibility index (Phi) is 5.17. The lowest BCUT2D eigenvalue weighted by atomic mass is 9.70. The summed E-state index contributed by atoms with van der Waals surface area (Å²) >= 11 is 0. The summed E-state index contributed by atoms with van der Waals surface area (Å²) in [5, 5.41) is 20.5. The number of nitrogens with zero attached hydrogens (tertiary/aromatic N) is 1. The highest BCUT2D eigenvalue weighted by Gasteiger charge is 2.37. The molecule has 0 saturated heterocycles. The lowest BCUT2D eigenvalue weighted by Crippen LogP contribution is -2.43. The largest absolute Gasteiger partial charge is 0.548 e. The molecule has 0 atom stereocenters. The van der Waals surface area contributed by atoms with Crippen LogP contribution in [0, 0.1) is 16.7 Å². The zero-order valence-electron chi connectivity index (χ0n) is 14.6. The monoisotopic (exact) mass is 342 g/mol. The van der Waals surface area contributed by atoms with Gasteiger partial charge < -0.3 is 19.4 Å². The van der Waals surface area contributed by atoms with Crippen LogP contribution in [-0.4, -0.2) is 19.2 Å². The van der Waals surface area contributed by atoms with Crippen LogP contribution in [-0.2, 0) is 4.79 Å². The van der Waals surface area contributed by atoms with Crippen LogP contribution in [0.1, 0.15) is 62.8 Å². The van der Waals surface area contributed by atoms with Crippen molar-refractivity contribution >= 4 is 5.97 Å². The first-order chi connectivity index (χ1) is 12.1. The Labute approximate surface area is 148 Å². The maximum atomic E-state index is 11.3. The number of hydrogen-bond acceptors (Lipinski definition) is 5. The van der Waals surface area contributed by atoms with E-state index in [-0.39, 0.29) is 12.0 Å². The number of methoxy groups -OCH3 is 1. The average molecular weight is 342 g/mol. The van der Waals surface area contributed by atoms with Gasteiger partial charge >= 0.3 is 0 Å². The van der Waals surface area contributed by atoms with Gasteiger partial charge in [-0.2, -0.15) is 5.26 Å². The quantitative estimate of drug-likeness (QED) is 0.821. The molecule has 5 nitrogen and oxygen atoms in total. The zero-order chi connectivity index (χ0) is 17.9. The van der Waals surface area contributed by atoms with Gasteiger partial charge in [-0.3, -0.25) is 0 Å². The van der Waals surface area contributed by atoms with Gasteiger partial charge in [0.05, 0.1) is 30.7 Å². The van der Waals surface area contributed by atoms with Crippen molar-refractivity contribution < 1.29 is 19.4 Å². The molecule has 0 heterocycles. The van der Waals surface area contributed by atoms with Crippen molar-refractivity contribution in [1.29, 1.82) is 5.26 Å². The predicted octanol–water partition coefficient (Wildman–Crippen LogP) is 2.93. The molecular formula is C20H24NO4-. The van der Waals surface area contributed by atoms with E-state index in [1.165, 1.54) is 12.8 Å². The molecule has 1 aromatic rings. The van der Waals surface area contributed by atoms with Gasteiger partial charge in [0.25, 0.3) is 0 Å². The Morgan fingerprint density at radius 3 is 2.44 bits per heavy atom. The summed E-state index contributed by atoms with van der Waals surface area (Å²) in [4.78, 5) is 11.3. The number of carboxylic acids is 1. The summed E-state index contributed by atoms with van der Waals surface area (Å²) in [6.45, 7) is 0. The number of benzene rings is 1. The van der Waals surface area contributed by atoms with Crippen LogP contribution >= 0.6 is 0 Å². The number of carbonyl (C=O) groups is 1. The van der Waals surface area contributed by atoms with Crippen LogP contribution in [0.15, 0.2) is 18.2 Å². The van der Waals surface area contributed by atoms with Crippen LogP contribution in [0.25, 0.3) is 0 Å². The maximum absolute atomic E-state index is 11.3. The third-order valence-electron chi connectivity index (χ3n) is 5.70. The molecule has 0 spiro atoms. The van der Waals surface area contributed by atoms with E-state index in [2.05, 4.69) is 0 Å². The third-order valence-corrected chi connectivity index (χ3v) is 5.70. The Hall–Kier alpha value is -2.22. The number of aliphatic carboxylic acids is 1. The Balaban J connectivity index is 1.75. The van der Waals surface area contributed by atoms with Crippen molar-refractivity contribution in [2.45, 2.75) is 63.4 Å². The number of carbonyl (C=O) groups excluding carboxylic acids is 1. The molecule has 3 rings (SSSR count). The third kappa shape index (κ3) is 3.58. The molecule has 2 fully saturated rings. The van der Waals surface area contributed by atoms with Gasteiger partial charge in [-0.15, -0.1) is 0 Å². The van der Waals surface area contributed by atoms with Gasteiger partial charge in [-0.25, -0.2) is 0 Å². The van der Waals surface area contributed by atoms with Gasteiger partial charge in [0, 0.05) is 0 Å². The molecule has 0 aliphatic heterocycles. The minimum Gasteiger partial charge on any atom is -0.548 e. The number of ether oxygens (including phenoxy) is 2. The van der Waals surface area contributed by atoms with E-state index < -0.39 is 11.4 Å². The maximum Gasteiger partial charge on any atom is 0.161 e. The van der Waals surface area contributed by atoms with E-state index in [4.69, 9.17) is 9.47 Å². The fourth-order valence-electron chi connectivity index (χ4n) is 4.03. The van der Waals surface area contributed by atoms with Gasteiger partial charge in [-0.05, 0) is 75.0 Å². The summed E-state index contributed by atoms with van der Waals surface area (Å²) < 4.78 is 11.6. The van der Waals surface area contributed by atoms with Crippen molar-refractivity contribution in [2.75, 3.05) is 7.11 Å². The molecular weight excluding hydrogens is 318 g/mol. The highest BCUT2D eigenvalue weighted by atomic mass is 16.5. The molecule has 0 bridgehead atoms. The lowest BCUT2D eigenvalue weighted by molar-refractivity contribution is -0.317. The molecule has 0 N–H and O–H groups in total. The molecule has 0 radical (unpaired) electrons. The summed E-state index contributed by atoms with van der Waals surface area (Å²) in [7, 11) is 1.64. The summed E-state index contributed by atoms with van der Waals surface area (Å²) in [5.41, 5.74) is -0.203. The molecule has 0 amide bonds. The topological polar surface area (TPSA) is 82.4 Å². The first-order valence-electron chi connectivity index (χ1n) is 9.05. The zero-order valence-corrected chi connectivity index (χ0v) is 14.6. The van der Waals surface area contributed by atoms with E-state index in [0.29, 0.717) is 25.7 Å². The Bertz CT molecular complexity index is 665. The van der Waals surface area contributed by atoms with Crippen LogP contribution in [0.5, 0.6) is 11.5 Å². The number of hydrogen-bond donors (Lipinski definition) is 0. The van der Waals surface area contributed by atoms with Crippen molar-refractivity contribution in [1.82, 2.24) is 0 Å². The number of nitriles is 1. The van der Waals surface area contributed by atoms with Crippen LogP contribution in [0.2, 0.25) is 0 Å². The Morgan fingerprint density at radius 1 is 1.20 bits per heavy atom. The molecule has 25 heavy (non-hydrogen) atoms. The second-order valence-corrected chi connectivity index (χ2v) is 7.19. The summed E-state index contributed by atoms with van der Waals surface area (Å²) in [5.74, 6) is 0.489. The highest BCUT2D eigenvalue weighted by Crippen LogP contribution is 2.44. The molecule has 2 saturated carbocycles. The first kappa shape index (κ1) is 17.6. The van der Waals surface area contributed by atoms with Crippen LogP contribution in [0.4, 0.5) is 0 Å². The van der Waals surface area contributed by atoms with Crippen molar-refractivity contribution in [3.05, 3.63) is 23.8 Å². The first-order valence-corrected chi connectivity index (χ1v) is 9.05. The summed E-state index contributed by atoms with van der Waals surface area (Å²) in [6.07, 6.45) is 6.81. The van der Waals surface area contributed by atoms with Gasteiger partial charge in [0.1, 0.15) is 0 Å². The SMILES string of the molecule is COc1ccc(C2CCC(C#N)(C(=O)[O-])CC2)cc1OC1CCCC1. The Morgan fingerprint density at radius 2 is 1.88 bits per heavy atom. The molecule has 134 valence electrons. The van der Waals surface area contributed by atoms with Crippen molar-refractivity contribution in [3.63, 3.8) is 0 Å². The molecule has 5 heteroatoms. The fraction of sp³-hybridized carbons (Fsp3) is 0.600. The molecule has 2 aliphatic rings. The van der Waals surface area contributed by atoms with Crippen molar-refractivity contribution in [2.24, 2.45) is 5.41 Å². The lowest BCUT2D eigenvalue weighted by Gasteiger charge is -2.35. The van der Waals surface area contributed by atoms with Crippen LogP contribution < -0.4 is 14.6 Å². The molecule has 0 unspecified atom stereocenters. The van der Waals surface area contributed by atoms with Gasteiger partial charge in [0.2, 0.25) is 0 Å². The van der Waals surface area contributed by atoms with Crippen LogP contribution in [0.3, 0.4) is 0 Å². The number of rotatable bonds is 5. The second-order valence-electron chi connectivity index (χ2n) is 7.19. The summed E-state index contributed by atoms with van der Waals surface area (Å²) in [6, 6.07) is 7.93. The fourth-order valence-corrected chi connectivity index (χ4v) is 4.03. The van der Waals surface area contributed by atoms with E-state index in [0.717, 1.165) is 29.9 Å². The van der Waals surface area contributed by atoms with E-state index >= 15 is 0 Å². The normalized spacial score (nSPS) is 26.8. The van der Waals surface area contributed by atoms with E-state index in [1.807, 2.05) is 24.3 Å². The van der Waals surface area contributed by atoms with E-state index in [1.54, 1.807) is 7.11 Å². The van der Waals surface area contributed by atoms with Gasteiger partial charge in [0.15, 0.2) is 11.5 Å². The molecule has 0 aromatic heterocycles. The van der Waals surface area contributed by atoms with E-state index in [9.17, 15) is 15.2 Å². The van der Waals surface area contributed by atoms with Gasteiger partial charge in [-0.1, -0.05) is 6.07 Å². The smallest absolute Gasteiger partial charge is 0.161 e. The number of carboxylic acid groups (broad SMARTS) is 1. The second kappa shape index (κ2) is 7.35. The van der Waals surface area contributed by atoms with Crippen molar-refractivity contribution in [3.8, 4) is 17.6 Å². The molecule has 2 aliphatic carbocycles.